The van der Waals surface area contributed by atoms with E-state index in [9.17, 15) is 0 Å². The highest BCUT2D eigenvalue weighted by Gasteiger charge is 2.04. The van der Waals surface area contributed by atoms with Crippen molar-refractivity contribution in [3.8, 4) is 6.07 Å². The van der Waals surface area contributed by atoms with Gasteiger partial charge in [0.05, 0.1) is 16.9 Å². The normalized spacial score (nSPS) is 9.71. The number of nitrogens with zero attached hydrogens (tertiary/aromatic N) is 1. The van der Waals surface area contributed by atoms with Gasteiger partial charge in [-0.25, -0.2) is 0 Å². The van der Waals surface area contributed by atoms with Crippen LogP contribution in [0.15, 0.2) is 46.9 Å². The van der Waals surface area contributed by atoms with Crippen molar-refractivity contribution >= 4 is 38.9 Å². The third-order valence-electron chi connectivity index (χ3n) is 2.25. The highest BCUT2D eigenvalue weighted by molar-refractivity contribution is 9.10. The van der Waals surface area contributed by atoms with Gasteiger partial charge in [-0.05, 0) is 46.3 Å². The Morgan fingerprint density at radius 1 is 1.12 bits per heavy atom. The van der Waals surface area contributed by atoms with E-state index in [1.807, 2.05) is 24.3 Å². The van der Waals surface area contributed by atoms with Crippen LogP contribution in [0.25, 0.3) is 0 Å². The molecule has 2 rings (SSSR count). The number of para-hydroxylation sites is 1. The number of hydrogen-bond acceptors (Lipinski definition) is 2. The lowest BCUT2D eigenvalue weighted by atomic mass is 10.2. The molecule has 2 nitrogen and oxygen atoms in total. The van der Waals surface area contributed by atoms with E-state index in [0.717, 1.165) is 15.8 Å². The Bertz CT molecular complexity index is 590. The van der Waals surface area contributed by atoms with Gasteiger partial charge in [-0.3, -0.25) is 0 Å². The summed E-state index contributed by atoms with van der Waals surface area (Å²) in [7, 11) is 0. The molecule has 0 unspecified atom stereocenters. The first kappa shape index (κ1) is 12.0. The summed E-state index contributed by atoms with van der Waals surface area (Å²) in [6.45, 7) is 0. The average Bonchev–Trinajstić information content (AvgIpc) is 2.34. The van der Waals surface area contributed by atoms with Crippen molar-refractivity contribution in [1.82, 2.24) is 0 Å². The Kier molecular flexibility index (Phi) is 3.68. The Hall–Kier alpha value is -1.50. The largest absolute Gasteiger partial charge is 0.354 e. The van der Waals surface area contributed by atoms with Crippen LogP contribution in [0.4, 0.5) is 11.4 Å². The molecule has 0 saturated heterocycles. The second-order valence-corrected chi connectivity index (χ2v) is 4.70. The molecule has 0 aromatic heterocycles. The molecule has 0 aliphatic heterocycles. The highest BCUT2D eigenvalue weighted by atomic mass is 79.9. The number of benzene rings is 2. The summed E-state index contributed by atoms with van der Waals surface area (Å²) in [5.41, 5.74) is 2.17. The topological polar surface area (TPSA) is 35.8 Å². The zero-order valence-electron chi connectivity index (χ0n) is 8.74. The lowest BCUT2D eigenvalue weighted by Gasteiger charge is -2.09. The van der Waals surface area contributed by atoms with Gasteiger partial charge in [0.25, 0.3) is 0 Å². The summed E-state index contributed by atoms with van der Waals surface area (Å²) in [5, 5.41) is 12.8. The molecule has 2 aromatic rings. The summed E-state index contributed by atoms with van der Waals surface area (Å²) in [4.78, 5) is 0. The molecule has 0 atom stereocenters. The molecule has 2 aromatic carbocycles. The molecule has 17 heavy (non-hydrogen) atoms. The van der Waals surface area contributed by atoms with Crippen molar-refractivity contribution in [3.63, 3.8) is 0 Å². The van der Waals surface area contributed by atoms with Gasteiger partial charge >= 0.3 is 0 Å². The Balaban J connectivity index is 2.37. The van der Waals surface area contributed by atoms with Gasteiger partial charge in [0.1, 0.15) is 6.07 Å². The smallest absolute Gasteiger partial charge is 0.101 e. The molecular weight excluding hydrogens is 300 g/mol. The van der Waals surface area contributed by atoms with E-state index in [4.69, 9.17) is 16.9 Å². The molecule has 0 radical (unpaired) electrons. The van der Waals surface area contributed by atoms with Gasteiger partial charge in [0.15, 0.2) is 0 Å². The molecule has 0 fully saturated rings. The number of rotatable bonds is 2. The Morgan fingerprint density at radius 2 is 1.88 bits per heavy atom. The van der Waals surface area contributed by atoms with Crippen LogP contribution >= 0.6 is 27.5 Å². The quantitative estimate of drug-likeness (QED) is 0.871. The molecule has 0 spiro atoms. The zero-order valence-corrected chi connectivity index (χ0v) is 11.1. The van der Waals surface area contributed by atoms with Gasteiger partial charge in [0, 0.05) is 9.50 Å². The molecule has 0 amide bonds. The van der Waals surface area contributed by atoms with Crippen LogP contribution in [0, 0.1) is 11.3 Å². The standard InChI is InChI=1S/C13H8BrClN2/c14-11-3-1-2-4-13(11)17-12-6-5-10(15)7-9(12)8-16/h1-7,17H. The van der Waals surface area contributed by atoms with Gasteiger partial charge in [-0.2, -0.15) is 5.26 Å². The van der Waals surface area contributed by atoms with E-state index in [0.29, 0.717) is 10.6 Å². The predicted molar refractivity (Wildman–Crippen MR) is 73.6 cm³/mol. The van der Waals surface area contributed by atoms with Crippen LogP contribution in [0.2, 0.25) is 5.02 Å². The van der Waals surface area contributed by atoms with E-state index < -0.39 is 0 Å². The van der Waals surface area contributed by atoms with Gasteiger partial charge in [-0.15, -0.1) is 0 Å². The summed E-state index contributed by atoms with van der Waals surface area (Å²) in [5.74, 6) is 0. The van der Waals surface area contributed by atoms with Crippen molar-refractivity contribution in [2.75, 3.05) is 5.32 Å². The fraction of sp³-hybridized carbons (Fsp3) is 0. The maximum atomic E-state index is 9.03. The third kappa shape index (κ3) is 2.79. The maximum absolute atomic E-state index is 9.03. The van der Waals surface area contributed by atoms with Crippen molar-refractivity contribution in [2.24, 2.45) is 0 Å². The van der Waals surface area contributed by atoms with Crippen LogP contribution in [-0.2, 0) is 0 Å². The van der Waals surface area contributed by atoms with Crippen LogP contribution in [-0.4, -0.2) is 0 Å². The monoisotopic (exact) mass is 306 g/mol. The predicted octanol–water partition coefficient (Wildman–Crippen LogP) is 4.72. The van der Waals surface area contributed by atoms with Crippen molar-refractivity contribution in [2.45, 2.75) is 0 Å². The lowest BCUT2D eigenvalue weighted by Crippen LogP contribution is -1.94. The zero-order chi connectivity index (χ0) is 12.3. The fourth-order valence-corrected chi connectivity index (χ4v) is 1.98. The van der Waals surface area contributed by atoms with E-state index in [2.05, 4.69) is 27.3 Å². The molecular formula is C13H8BrClN2. The minimum absolute atomic E-state index is 0.522. The molecule has 4 heteroatoms. The number of nitrogens with one attached hydrogen (secondary N) is 1. The van der Waals surface area contributed by atoms with Gasteiger partial charge in [-0.1, -0.05) is 23.7 Å². The molecule has 1 N–H and O–H groups in total. The highest BCUT2D eigenvalue weighted by Crippen LogP contribution is 2.28. The SMILES string of the molecule is N#Cc1cc(Cl)ccc1Nc1ccccc1Br. The third-order valence-corrected chi connectivity index (χ3v) is 3.17. The van der Waals surface area contributed by atoms with E-state index in [1.54, 1.807) is 18.2 Å². The van der Waals surface area contributed by atoms with Crippen LogP contribution in [0.5, 0.6) is 0 Å². The van der Waals surface area contributed by atoms with Gasteiger partial charge in [0.2, 0.25) is 0 Å². The first-order valence-electron chi connectivity index (χ1n) is 4.92. The van der Waals surface area contributed by atoms with Crippen LogP contribution < -0.4 is 5.32 Å². The number of halogens is 2. The fourth-order valence-electron chi connectivity index (χ4n) is 1.43. The molecule has 0 aliphatic rings. The summed E-state index contributed by atoms with van der Waals surface area (Å²) in [6.07, 6.45) is 0. The van der Waals surface area contributed by atoms with Crippen molar-refractivity contribution < 1.29 is 0 Å². The average molecular weight is 308 g/mol. The van der Waals surface area contributed by atoms with Crippen molar-refractivity contribution in [1.29, 1.82) is 5.26 Å². The number of nitriles is 1. The van der Waals surface area contributed by atoms with Crippen molar-refractivity contribution in [3.05, 3.63) is 57.5 Å². The summed E-state index contributed by atoms with van der Waals surface area (Å²) in [6, 6.07) is 15.0. The Labute approximate surface area is 113 Å². The second kappa shape index (κ2) is 5.22. The molecule has 0 saturated carbocycles. The van der Waals surface area contributed by atoms with Crippen LogP contribution in [0.1, 0.15) is 5.56 Å². The first-order valence-corrected chi connectivity index (χ1v) is 6.09. The number of anilines is 2. The number of hydrogen-bond donors (Lipinski definition) is 1. The van der Waals surface area contributed by atoms with E-state index >= 15 is 0 Å². The Morgan fingerprint density at radius 3 is 2.59 bits per heavy atom. The molecule has 0 heterocycles. The first-order chi connectivity index (χ1) is 8.20. The molecule has 84 valence electrons. The lowest BCUT2D eigenvalue weighted by molar-refractivity contribution is 1.45. The minimum atomic E-state index is 0.522. The molecule has 0 aliphatic carbocycles. The van der Waals surface area contributed by atoms with E-state index in [1.165, 1.54) is 0 Å². The maximum Gasteiger partial charge on any atom is 0.101 e. The summed E-state index contributed by atoms with van der Waals surface area (Å²) >= 11 is 9.28. The molecule has 0 bridgehead atoms. The summed E-state index contributed by atoms with van der Waals surface area (Å²) < 4.78 is 0.943. The van der Waals surface area contributed by atoms with E-state index in [-0.39, 0.29) is 0 Å². The minimum Gasteiger partial charge on any atom is -0.354 e. The van der Waals surface area contributed by atoms with Gasteiger partial charge < -0.3 is 5.32 Å². The van der Waals surface area contributed by atoms with Crippen LogP contribution in [0.3, 0.4) is 0 Å². The second-order valence-electron chi connectivity index (χ2n) is 3.41.